The molecule has 0 aliphatic carbocycles. The Labute approximate surface area is 202 Å². The van der Waals surface area contributed by atoms with E-state index < -0.39 is 5.92 Å². The van der Waals surface area contributed by atoms with E-state index in [0.29, 0.717) is 29.4 Å². The summed E-state index contributed by atoms with van der Waals surface area (Å²) in [5.74, 6) is -2.68. The van der Waals surface area contributed by atoms with Crippen molar-refractivity contribution in [1.29, 1.82) is 0 Å². The molecule has 5 nitrogen and oxygen atoms in total. The SMILES string of the molecule is CCC(F)(F)c1ccc(CC(=O)Nc2ccc(-c3nccnc3OCc3ccccc3)cc2)cc1. The van der Waals surface area contributed by atoms with E-state index in [9.17, 15) is 13.6 Å². The number of nitrogens with zero attached hydrogens (tertiary/aromatic N) is 2. The fourth-order valence-corrected chi connectivity index (χ4v) is 3.53. The number of benzene rings is 3. The lowest BCUT2D eigenvalue weighted by atomic mass is 10.0. The summed E-state index contributed by atoms with van der Waals surface area (Å²) in [6.07, 6.45) is 3.00. The maximum absolute atomic E-state index is 13.8. The van der Waals surface area contributed by atoms with Gasteiger partial charge in [-0.15, -0.1) is 0 Å². The lowest BCUT2D eigenvalue weighted by molar-refractivity contribution is -0.115. The van der Waals surface area contributed by atoms with Gasteiger partial charge in [0.15, 0.2) is 0 Å². The summed E-state index contributed by atoms with van der Waals surface area (Å²) in [7, 11) is 0. The molecule has 1 aromatic heterocycles. The molecule has 1 heterocycles. The van der Waals surface area contributed by atoms with E-state index in [1.807, 2.05) is 42.5 Å². The van der Waals surface area contributed by atoms with Gasteiger partial charge in [-0.3, -0.25) is 4.79 Å². The fourth-order valence-electron chi connectivity index (χ4n) is 3.53. The lowest BCUT2D eigenvalue weighted by Crippen LogP contribution is -2.15. The van der Waals surface area contributed by atoms with Crippen LogP contribution in [0.25, 0.3) is 11.3 Å². The molecule has 35 heavy (non-hydrogen) atoms. The number of anilines is 1. The molecule has 0 atom stereocenters. The molecule has 4 aromatic rings. The van der Waals surface area contributed by atoms with Crippen LogP contribution in [0.2, 0.25) is 0 Å². The third-order valence-electron chi connectivity index (χ3n) is 5.51. The zero-order chi connectivity index (χ0) is 24.7. The highest BCUT2D eigenvalue weighted by molar-refractivity contribution is 5.92. The molecule has 4 rings (SSSR count). The van der Waals surface area contributed by atoms with Crippen LogP contribution < -0.4 is 10.1 Å². The van der Waals surface area contributed by atoms with E-state index in [1.54, 1.807) is 36.7 Å². The van der Waals surface area contributed by atoms with Crippen molar-refractivity contribution in [1.82, 2.24) is 9.97 Å². The Balaban J connectivity index is 1.38. The third kappa shape index (κ3) is 6.26. The number of amides is 1. The smallest absolute Gasteiger partial charge is 0.273 e. The van der Waals surface area contributed by atoms with Crippen LogP contribution in [0.1, 0.15) is 30.0 Å². The molecule has 0 saturated heterocycles. The molecule has 0 saturated carbocycles. The number of carbonyl (C=O) groups is 1. The number of aromatic nitrogens is 2. The summed E-state index contributed by atoms with van der Waals surface area (Å²) in [6.45, 7) is 1.81. The van der Waals surface area contributed by atoms with Gasteiger partial charge in [-0.2, -0.15) is 0 Å². The zero-order valence-electron chi connectivity index (χ0n) is 19.2. The number of hydrogen-bond donors (Lipinski definition) is 1. The maximum atomic E-state index is 13.8. The van der Waals surface area contributed by atoms with Gasteiger partial charge in [0.05, 0.1) is 6.42 Å². The summed E-state index contributed by atoms with van der Waals surface area (Å²) in [5, 5.41) is 2.83. The molecular weight excluding hydrogens is 448 g/mol. The van der Waals surface area contributed by atoms with E-state index >= 15 is 0 Å². The summed E-state index contributed by atoms with van der Waals surface area (Å²) >= 11 is 0. The highest BCUT2D eigenvalue weighted by Crippen LogP contribution is 2.31. The Kier molecular flexibility index (Phi) is 7.45. The van der Waals surface area contributed by atoms with Crippen LogP contribution in [-0.2, 0) is 23.7 Å². The number of carbonyl (C=O) groups excluding carboxylic acids is 1. The van der Waals surface area contributed by atoms with Crippen molar-refractivity contribution in [2.24, 2.45) is 0 Å². The van der Waals surface area contributed by atoms with Gasteiger partial charge >= 0.3 is 0 Å². The van der Waals surface area contributed by atoms with Crippen LogP contribution in [0.5, 0.6) is 5.88 Å². The molecule has 0 bridgehead atoms. The standard InChI is InChI=1S/C28H25F2N3O2/c1-2-28(29,30)23-12-8-20(9-13-23)18-25(34)33-24-14-10-22(11-15-24)26-27(32-17-16-31-26)35-19-21-6-4-3-5-7-21/h3-17H,2,18-19H2,1H3,(H,33,34). The molecule has 1 N–H and O–H groups in total. The van der Waals surface area contributed by atoms with Crippen LogP contribution in [-0.4, -0.2) is 15.9 Å². The van der Waals surface area contributed by atoms with Crippen LogP contribution in [0.4, 0.5) is 14.5 Å². The van der Waals surface area contributed by atoms with E-state index in [-0.39, 0.29) is 24.3 Å². The van der Waals surface area contributed by atoms with Crippen LogP contribution in [0.3, 0.4) is 0 Å². The molecule has 1 amide bonds. The first kappa shape index (κ1) is 24.0. The molecule has 0 aliphatic rings. The summed E-state index contributed by atoms with van der Waals surface area (Å²) in [6, 6.07) is 22.9. The van der Waals surface area contributed by atoms with Gasteiger partial charge in [0.2, 0.25) is 11.8 Å². The maximum Gasteiger partial charge on any atom is 0.273 e. The molecule has 0 radical (unpaired) electrons. The molecule has 0 spiro atoms. The first-order valence-corrected chi connectivity index (χ1v) is 11.3. The van der Waals surface area contributed by atoms with Crippen molar-refractivity contribution in [2.75, 3.05) is 5.32 Å². The predicted molar refractivity (Wildman–Crippen MR) is 131 cm³/mol. The quantitative estimate of drug-likeness (QED) is 0.305. The van der Waals surface area contributed by atoms with Gasteiger partial charge in [-0.05, 0) is 23.3 Å². The minimum atomic E-state index is -2.86. The van der Waals surface area contributed by atoms with Crippen LogP contribution in [0, 0.1) is 0 Å². The Bertz CT molecular complexity index is 1260. The Morgan fingerprint density at radius 1 is 0.886 bits per heavy atom. The zero-order valence-corrected chi connectivity index (χ0v) is 19.2. The fraction of sp³-hybridized carbons (Fsp3) is 0.179. The Hall–Kier alpha value is -4.13. The second-order valence-electron chi connectivity index (χ2n) is 8.04. The molecule has 3 aromatic carbocycles. The molecule has 178 valence electrons. The average Bonchev–Trinajstić information content (AvgIpc) is 2.89. The number of alkyl halides is 2. The van der Waals surface area contributed by atoms with E-state index in [0.717, 1.165) is 11.1 Å². The van der Waals surface area contributed by atoms with Crippen molar-refractivity contribution >= 4 is 11.6 Å². The lowest BCUT2D eigenvalue weighted by Gasteiger charge is -2.14. The summed E-state index contributed by atoms with van der Waals surface area (Å²) < 4.78 is 33.4. The van der Waals surface area contributed by atoms with Gasteiger partial charge in [0.1, 0.15) is 12.3 Å². The average molecular weight is 474 g/mol. The number of nitrogens with one attached hydrogen (secondary N) is 1. The topological polar surface area (TPSA) is 64.1 Å². The van der Waals surface area contributed by atoms with Gasteiger partial charge in [-0.1, -0.05) is 73.7 Å². The van der Waals surface area contributed by atoms with Crippen molar-refractivity contribution in [3.8, 4) is 17.1 Å². The van der Waals surface area contributed by atoms with Gasteiger partial charge in [0, 0.05) is 35.6 Å². The number of hydrogen-bond acceptors (Lipinski definition) is 4. The molecule has 0 aliphatic heterocycles. The number of rotatable bonds is 9. The Morgan fingerprint density at radius 2 is 1.57 bits per heavy atom. The highest BCUT2D eigenvalue weighted by Gasteiger charge is 2.28. The van der Waals surface area contributed by atoms with Crippen molar-refractivity contribution in [3.05, 3.63) is 108 Å². The first-order valence-electron chi connectivity index (χ1n) is 11.3. The van der Waals surface area contributed by atoms with E-state index in [4.69, 9.17) is 4.74 Å². The van der Waals surface area contributed by atoms with Crippen molar-refractivity contribution in [2.45, 2.75) is 32.3 Å². The highest BCUT2D eigenvalue weighted by atomic mass is 19.3. The Morgan fingerprint density at radius 3 is 2.26 bits per heavy atom. The minimum absolute atomic E-state index is 0.0455. The molecular formula is C28H25F2N3O2. The van der Waals surface area contributed by atoms with Crippen molar-refractivity contribution in [3.63, 3.8) is 0 Å². The van der Waals surface area contributed by atoms with Crippen LogP contribution in [0.15, 0.2) is 91.3 Å². The van der Waals surface area contributed by atoms with Gasteiger partial charge < -0.3 is 10.1 Å². The molecule has 0 unspecified atom stereocenters. The predicted octanol–water partition coefficient (Wildman–Crippen LogP) is 6.41. The second-order valence-corrected chi connectivity index (χ2v) is 8.04. The summed E-state index contributed by atoms with van der Waals surface area (Å²) in [5.41, 5.74) is 3.65. The molecule has 7 heteroatoms. The van der Waals surface area contributed by atoms with E-state index in [2.05, 4.69) is 15.3 Å². The van der Waals surface area contributed by atoms with Crippen LogP contribution >= 0.6 is 0 Å². The van der Waals surface area contributed by atoms with E-state index in [1.165, 1.54) is 19.1 Å². The number of ether oxygens (including phenoxy) is 1. The summed E-state index contributed by atoms with van der Waals surface area (Å²) in [4.78, 5) is 21.2. The normalized spacial score (nSPS) is 11.2. The third-order valence-corrected chi connectivity index (χ3v) is 5.51. The largest absolute Gasteiger partial charge is 0.471 e. The van der Waals surface area contributed by atoms with Gasteiger partial charge in [-0.25, -0.2) is 18.7 Å². The second kappa shape index (κ2) is 10.9. The molecule has 0 fully saturated rings. The number of halogens is 2. The van der Waals surface area contributed by atoms with Gasteiger partial charge in [0.25, 0.3) is 5.92 Å². The van der Waals surface area contributed by atoms with Crippen molar-refractivity contribution < 1.29 is 18.3 Å². The first-order chi connectivity index (χ1) is 16.9. The monoisotopic (exact) mass is 473 g/mol. The minimum Gasteiger partial charge on any atom is -0.471 e.